The van der Waals surface area contributed by atoms with Gasteiger partial charge in [-0.05, 0) is 0 Å². The predicted molar refractivity (Wildman–Crippen MR) is 51.6 cm³/mol. The summed E-state index contributed by atoms with van der Waals surface area (Å²) < 4.78 is 4.40. The maximum Gasteiger partial charge on any atom is 0.311 e. The molecule has 0 unspecified atom stereocenters. The zero-order valence-corrected chi connectivity index (χ0v) is 8.52. The number of rotatable bonds is 3. The molecule has 0 bridgehead atoms. The van der Waals surface area contributed by atoms with Gasteiger partial charge < -0.3 is 4.74 Å². The number of carbonyl (C=O) groups excluding carboxylic acids is 1. The molecule has 80 valence electrons. The maximum atomic E-state index is 10.9. The second kappa shape index (κ2) is 4.70. The topological polar surface area (TPSA) is 82.3 Å². The third-order valence-corrected chi connectivity index (χ3v) is 2.09. The number of nitro groups is 1. The molecule has 1 aromatic heterocycles. The highest BCUT2D eigenvalue weighted by atomic mass is 35.5. The van der Waals surface area contributed by atoms with E-state index in [0.717, 1.165) is 0 Å². The number of pyridine rings is 1. The molecule has 0 amide bonds. The lowest BCUT2D eigenvalue weighted by Gasteiger charge is -2.01. The Labute approximate surface area is 90.0 Å². The Morgan fingerprint density at radius 2 is 2.40 bits per heavy atom. The Kier molecular flexibility index (Phi) is 3.56. The highest BCUT2D eigenvalue weighted by molar-refractivity contribution is 6.33. The summed E-state index contributed by atoms with van der Waals surface area (Å²) in [6, 6.07) is 1.17. The van der Waals surface area contributed by atoms with Crippen molar-refractivity contribution in [3.63, 3.8) is 0 Å². The molecular weight excluding hydrogens is 224 g/mol. The van der Waals surface area contributed by atoms with Gasteiger partial charge in [0.15, 0.2) is 0 Å². The van der Waals surface area contributed by atoms with E-state index in [1.54, 1.807) is 0 Å². The smallest absolute Gasteiger partial charge is 0.311 e. The second-order valence-electron chi connectivity index (χ2n) is 2.60. The number of methoxy groups -OCH3 is 1. The Morgan fingerprint density at radius 3 is 2.93 bits per heavy atom. The molecule has 0 aromatic carbocycles. The van der Waals surface area contributed by atoms with Crippen molar-refractivity contribution in [2.24, 2.45) is 0 Å². The summed E-state index contributed by atoms with van der Waals surface area (Å²) in [7, 11) is 1.22. The normalized spacial score (nSPS) is 9.73. The van der Waals surface area contributed by atoms with E-state index in [9.17, 15) is 14.9 Å². The van der Waals surface area contributed by atoms with E-state index in [2.05, 4.69) is 9.72 Å². The van der Waals surface area contributed by atoms with Crippen LogP contribution in [0.2, 0.25) is 5.02 Å². The van der Waals surface area contributed by atoms with Gasteiger partial charge in [-0.1, -0.05) is 11.6 Å². The van der Waals surface area contributed by atoms with E-state index in [0.29, 0.717) is 0 Å². The van der Waals surface area contributed by atoms with Crippen LogP contribution in [0.3, 0.4) is 0 Å². The van der Waals surface area contributed by atoms with Crippen LogP contribution in [0, 0.1) is 10.1 Å². The molecule has 15 heavy (non-hydrogen) atoms. The summed E-state index contributed by atoms with van der Waals surface area (Å²) in [5.74, 6) is -0.551. The van der Waals surface area contributed by atoms with Gasteiger partial charge in [-0.3, -0.25) is 19.9 Å². The zero-order valence-electron chi connectivity index (χ0n) is 7.77. The summed E-state index contributed by atoms with van der Waals surface area (Å²) in [5, 5.41) is 10.4. The number of esters is 1. The third kappa shape index (κ3) is 2.63. The molecule has 0 N–H and O–H groups in total. The number of halogens is 1. The minimum Gasteiger partial charge on any atom is -0.469 e. The summed E-state index contributed by atoms with van der Waals surface area (Å²) in [6.07, 6.45) is 1.04. The predicted octanol–water partition coefficient (Wildman–Crippen LogP) is 1.36. The molecule has 0 radical (unpaired) electrons. The van der Waals surface area contributed by atoms with Crippen molar-refractivity contribution in [1.82, 2.24) is 4.98 Å². The lowest BCUT2D eigenvalue weighted by molar-refractivity contribution is -0.384. The molecule has 1 aromatic rings. The first-order valence-electron chi connectivity index (χ1n) is 3.91. The van der Waals surface area contributed by atoms with Crippen LogP contribution in [0.1, 0.15) is 5.69 Å². The molecule has 0 aliphatic carbocycles. The molecule has 0 saturated heterocycles. The first-order valence-corrected chi connectivity index (χ1v) is 4.28. The number of hydrogen-bond acceptors (Lipinski definition) is 5. The van der Waals surface area contributed by atoms with Crippen molar-refractivity contribution in [3.8, 4) is 0 Å². The Hall–Kier alpha value is -1.69. The molecule has 0 aliphatic heterocycles. The van der Waals surface area contributed by atoms with Crippen molar-refractivity contribution < 1.29 is 14.5 Å². The number of nitrogens with zero attached hydrogens (tertiary/aromatic N) is 2. The third-order valence-electron chi connectivity index (χ3n) is 1.68. The van der Waals surface area contributed by atoms with Gasteiger partial charge in [-0.25, -0.2) is 0 Å². The first-order chi connectivity index (χ1) is 7.06. The average molecular weight is 231 g/mol. The fraction of sp³-hybridized carbons (Fsp3) is 0.250. The molecule has 0 spiro atoms. The van der Waals surface area contributed by atoms with Crippen LogP contribution in [-0.4, -0.2) is 23.0 Å². The number of aromatic nitrogens is 1. The number of ether oxygens (including phenoxy) is 1. The van der Waals surface area contributed by atoms with Gasteiger partial charge in [0.25, 0.3) is 5.69 Å². The van der Waals surface area contributed by atoms with Crippen LogP contribution in [0.4, 0.5) is 5.69 Å². The van der Waals surface area contributed by atoms with Crippen LogP contribution >= 0.6 is 11.6 Å². The van der Waals surface area contributed by atoms with Crippen LogP contribution in [0.25, 0.3) is 0 Å². The minimum atomic E-state index is -0.634. The highest BCUT2D eigenvalue weighted by Gasteiger charge is 2.18. The molecule has 0 aliphatic rings. The Balaban J connectivity index is 3.04. The lowest BCUT2D eigenvalue weighted by Crippen LogP contribution is -2.07. The quantitative estimate of drug-likeness (QED) is 0.445. The molecule has 1 rings (SSSR count). The van der Waals surface area contributed by atoms with Crippen molar-refractivity contribution in [2.45, 2.75) is 6.42 Å². The molecule has 0 saturated carbocycles. The highest BCUT2D eigenvalue weighted by Crippen LogP contribution is 2.26. The van der Waals surface area contributed by atoms with E-state index >= 15 is 0 Å². The second-order valence-corrected chi connectivity index (χ2v) is 2.98. The monoisotopic (exact) mass is 230 g/mol. The average Bonchev–Trinajstić information content (AvgIpc) is 2.20. The number of hydrogen-bond donors (Lipinski definition) is 0. The minimum absolute atomic E-state index is 0.132. The SMILES string of the molecule is COC(=O)Cc1nccc([N+](=O)[O-])c1Cl. The largest absolute Gasteiger partial charge is 0.469 e. The van der Waals surface area contributed by atoms with Gasteiger partial charge in [0.2, 0.25) is 0 Å². The molecule has 7 heteroatoms. The van der Waals surface area contributed by atoms with E-state index in [-0.39, 0.29) is 22.8 Å². The van der Waals surface area contributed by atoms with Crippen molar-refractivity contribution in [1.29, 1.82) is 0 Å². The molecular formula is C8H7ClN2O4. The van der Waals surface area contributed by atoms with Crippen LogP contribution in [-0.2, 0) is 16.0 Å². The van der Waals surface area contributed by atoms with Crippen LogP contribution in [0.5, 0.6) is 0 Å². The summed E-state index contributed by atoms with van der Waals surface area (Å²) in [4.78, 5) is 24.6. The lowest BCUT2D eigenvalue weighted by atomic mass is 10.2. The number of carbonyl (C=O) groups is 1. The zero-order chi connectivity index (χ0) is 11.4. The van der Waals surface area contributed by atoms with Crippen molar-refractivity contribution in [2.75, 3.05) is 7.11 Å². The Bertz CT molecular complexity index is 408. The first kappa shape index (κ1) is 11.4. The fourth-order valence-corrected chi connectivity index (χ4v) is 1.20. The van der Waals surface area contributed by atoms with E-state index in [4.69, 9.17) is 11.6 Å². The van der Waals surface area contributed by atoms with E-state index in [1.807, 2.05) is 0 Å². The van der Waals surface area contributed by atoms with Crippen molar-refractivity contribution in [3.05, 3.63) is 33.1 Å². The summed E-state index contributed by atoms with van der Waals surface area (Å²) in [5.41, 5.74) is -0.136. The standard InChI is InChI=1S/C8H7ClN2O4/c1-15-7(12)4-5-8(9)6(11(13)14)2-3-10-5/h2-3H,4H2,1H3. The van der Waals surface area contributed by atoms with Crippen LogP contribution < -0.4 is 0 Å². The van der Waals surface area contributed by atoms with E-state index in [1.165, 1.54) is 19.4 Å². The maximum absolute atomic E-state index is 10.9. The summed E-state index contributed by atoms with van der Waals surface area (Å²) in [6.45, 7) is 0. The fourth-order valence-electron chi connectivity index (χ4n) is 0.949. The molecule has 1 heterocycles. The molecule has 0 fully saturated rings. The van der Waals surface area contributed by atoms with Gasteiger partial charge in [0.1, 0.15) is 5.02 Å². The van der Waals surface area contributed by atoms with Gasteiger partial charge >= 0.3 is 5.97 Å². The van der Waals surface area contributed by atoms with Gasteiger partial charge in [0, 0.05) is 12.3 Å². The molecule has 6 nitrogen and oxygen atoms in total. The summed E-state index contributed by atoms with van der Waals surface area (Å²) >= 11 is 5.69. The van der Waals surface area contributed by atoms with Crippen molar-refractivity contribution >= 4 is 23.3 Å². The van der Waals surface area contributed by atoms with E-state index < -0.39 is 10.9 Å². The van der Waals surface area contributed by atoms with Gasteiger partial charge in [0.05, 0.1) is 24.1 Å². The Morgan fingerprint density at radius 1 is 1.73 bits per heavy atom. The van der Waals surface area contributed by atoms with Gasteiger partial charge in [-0.15, -0.1) is 0 Å². The van der Waals surface area contributed by atoms with Gasteiger partial charge in [-0.2, -0.15) is 0 Å². The van der Waals surface area contributed by atoms with Crippen LogP contribution in [0.15, 0.2) is 12.3 Å². The molecule has 0 atom stereocenters.